The maximum Gasteiger partial charge on any atom is 0.120 e. The van der Waals surface area contributed by atoms with Crippen LogP contribution < -0.4 is 4.74 Å². The number of ether oxygens (including phenoxy) is 1. The van der Waals surface area contributed by atoms with Crippen LogP contribution in [0.15, 0.2) is 24.3 Å². The smallest absolute Gasteiger partial charge is 0.120 e. The molecule has 0 spiro atoms. The summed E-state index contributed by atoms with van der Waals surface area (Å²) in [6, 6.07) is 8.28. The van der Waals surface area contributed by atoms with Crippen molar-refractivity contribution in [3.05, 3.63) is 29.8 Å². The van der Waals surface area contributed by atoms with Gasteiger partial charge >= 0.3 is 0 Å². The number of hydrogen-bond donors (Lipinski definition) is 1. The summed E-state index contributed by atoms with van der Waals surface area (Å²) in [6.07, 6.45) is 3.28. The topological polar surface area (TPSA) is 29.5 Å². The third-order valence-electron chi connectivity index (χ3n) is 3.25. The summed E-state index contributed by atoms with van der Waals surface area (Å²) >= 11 is 0. The summed E-state index contributed by atoms with van der Waals surface area (Å²) < 4.78 is 5.80. The molecule has 17 heavy (non-hydrogen) atoms. The number of rotatable bonds is 5. The highest BCUT2D eigenvalue weighted by Crippen LogP contribution is 2.33. The fourth-order valence-electron chi connectivity index (χ4n) is 2.23. The molecule has 1 aromatic rings. The van der Waals surface area contributed by atoms with Gasteiger partial charge in [-0.15, -0.1) is 0 Å². The number of benzene rings is 1. The summed E-state index contributed by atoms with van der Waals surface area (Å²) in [7, 11) is 0. The quantitative estimate of drug-likeness (QED) is 0.847. The third kappa shape index (κ3) is 3.47. The Bertz CT molecular complexity index is 378. The van der Waals surface area contributed by atoms with Gasteiger partial charge in [-0.3, -0.25) is 0 Å². The van der Waals surface area contributed by atoms with Crippen LogP contribution in [0.3, 0.4) is 0 Å². The summed E-state index contributed by atoms with van der Waals surface area (Å²) in [5.74, 6) is 0.962. The standard InChI is InChI=1S/C15H22O2/c1-11(16)10-15(2,3)12-5-4-6-14(9-12)17-13-7-8-13/h4-6,9,11,13,16H,7-8,10H2,1-3H3. The van der Waals surface area contributed by atoms with Gasteiger partial charge in [-0.2, -0.15) is 0 Å². The van der Waals surface area contributed by atoms with Gasteiger partial charge in [-0.25, -0.2) is 0 Å². The molecule has 0 bridgehead atoms. The molecule has 0 radical (unpaired) electrons. The van der Waals surface area contributed by atoms with Gasteiger partial charge in [0.2, 0.25) is 0 Å². The van der Waals surface area contributed by atoms with Crippen LogP contribution in [0.2, 0.25) is 0 Å². The van der Waals surface area contributed by atoms with Gasteiger partial charge in [0, 0.05) is 0 Å². The molecule has 2 nitrogen and oxygen atoms in total. The lowest BCUT2D eigenvalue weighted by atomic mass is 9.80. The average Bonchev–Trinajstić information content (AvgIpc) is 3.00. The van der Waals surface area contributed by atoms with Gasteiger partial charge in [0.25, 0.3) is 0 Å². The van der Waals surface area contributed by atoms with Crippen molar-refractivity contribution < 1.29 is 9.84 Å². The highest BCUT2D eigenvalue weighted by Gasteiger charge is 2.26. The van der Waals surface area contributed by atoms with Crippen LogP contribution in [0.4, 0.5) is 0 Å². The maximum atomic E-state index is 9.54. The molecule has 0 heterocycles. The average molecular weight is 234 g/mol. The van der Waals surface area contributed by atoms with E-state index in [1.165, 1.54) is 18.4 Å². The Balaban J connectivity index is 2.13. The fraction of sp³-hybridized carbons (Fsp3) is 0.600. The first-order valence-electron chi connectivity index (χ1n) is 6.43. The molecule has 0 aliphatic heterocycles. The molecule has 94 valence electrons. The molecular weight excluding hydrogens is 212 g/mol. The molecule has 1 saturated carbocycles. The molecule has 2 heteroatoms. The second-order valence-corrected chi connectivity index (χ2v) is 5.78. The van der Waals surface area contributed by atoms with E-state index >= 15 is 0 Å². The SMILES string of the molecule is CC(O)CC(C)(C)c1cccc(OC2CC2)c1. The van der Waals surface area contributed by atoms with Crippen molar-refractivity contribution in [1.29, 1.82) is 0 Å². The van der Waals surface area contributed by atoms with Crippen LogP contribution in [-0.2, 0) is 5.41 Å². The Hall–Kier alpha value is -1.02. The third-order valence-corrected chi connectivity index (χ3v) is 3.25. The fourth-order valence-corrected chi connectivity index (χ4v) is 2.23. The first-order chi connectivity index (χ1) is 7.97. The van der Waals surface area contributed by atoms with E-state index in [1.807, 2.05) is 19.1 Å². The van der Waals surface area contributed by atoms with E-state index < -0.39 is 0 Å². The Labute approximate surface area is 104 Å². The molecule has 1 fully saturated rings. The number of aliphatic hydroxyl groups is 1. The Morgan fingerprint density at radius 3 is 2.71 bits per heavy atom. The Morgan fingerprint density at radius 1 is 1.41 bits per heavy atom. The van der Waals surface area contributed by atoms with Crippen LogP contribution in [0, 0.1) is 0 Å². The lowest BCUT2D eigenvalue weighted by Crippen LogP contribution is -2.23. The van der Waals surface area contributed by atoms with Crippen molar-refractivity contribution >= 4 is 0 Å². The summed E-state index contributed by atoms with van der Waals surface area (Å²) in [5, 5.41) is 9.54. The predicted molar refractivity (Wildman–Crippen MR) is 69.4 cm³/mol. The molecule has 0 aromatic heterocycles. The highest BCUT2D eigenvalue weighted by molar-refractivity contribution is 5.33. The van der Waals surface area contributed by atoms with Crippen molar-refractivity contribution in [3.63, 3.8) is 0 Å². The zero-order valence-corrected chi connectivity index (χ0v) is 10.9. The zero-order chi connectivity index (χ0) is 12.5. The molecular formula is C15H22O2. The number of aliphatic hydroxyl groups excluding tert-OH is 1. The first kappa shape index (κ1) is 12.4. The van der Waals surface area contributed by atoms with E-state index in [4.69, 9.17) is 4.74 Å². The van der Waals surface area contributed by atoms with Gasteiger partial charge in [-0.05, 0) is 49.3 Å². The Kier molecular flexibility index (Phi) is 3.43. The van der Waals surface area contributed by atoms with Crippen molar-refractivity contribution in [3.8, 4) is 5.75 Å². The summed E-state index contributed by atoms with van der Waals surface area (Å²) in [6.45, 7) is 6.16. The molecule has 1 aliphatic carbocycles. The largest absolute Gasteiger partial charge is 0.490 e. The van der Waals surface area contributed by atoms with Crippen molar-refractivity contribution in [1.82, 2.24) is 0 Å². The maximum absolute atomic E-state index is 9.54. The molecule has 1 aliphatic rings. The highest BCUT2D eigenvalue weighted by atomic mass is 16.5. The Morgan fingerprint density at radius 2 is 2.12 bits per heavy atom. The van der Waals surface area contributed by atoms with Crippen LogP contribution in [0.25, 0.3) is 0 Å². The van der Waals surface area contributed by atoms with Gasteiger partial charge < -0.3 is 9.84 Å². The molecule has 0 amide bonds. The van der Waals surface area contributed by atoms with E-state index in [1.54, 1.807) is 0 Å². The van der Waals surface area contributed by atoms with Crippen molar-refractivity contribution in [2.45, 2.75) is 57.7 Å². The van der Waals surface area contributed by atoms with Crippen LogP contribution in [-0.4, -0.2) is 17.3 Å². The van der Waals surface area contributed by atoms with Crippen molar-refractivity contribution in [2.75, 3.05) is 0 Å². The zero-order valence-electron chi connectivity index (χ0n) is 10.9. The van der Waals surface area contributed by atoms with Crippen molar-refractivity contribution in [2.24, 2.45) is 0 Å². The molecule has 2 rings (SSSR count). The van der Waals surface area contributed by atoms with Crippen LogP contribution in [0.1, 0.15) is 45.6 Å². The minimum absolute atomic E-state index is 0.0168. The lowest BCUT2D eigenvalue weighted by molar-refractivity contribution is 0.156. The minimum Gasteiger partial charge on any atom is -0.490 e. The molecule has 1 atom stereocenters. The van der Waals surface area contributed by atoms with Crippen LogP contribution in [0.5, 0.6) is 5.75 Å². The van der Waals surface area contributed by atoms with E-state index in [0.717, 1.165) is 12.2 Å². The molecule has 1 aromatic carbocycles. The van der Waals surface area contributed by atoms with Gasteiger partial charge in [-0.1, -0.05) is 26.0 Å². The predicted octanol–water partition coefficient (Wildman–Crippen LogP) is 3.28. The summed E-state index contributed by atoms with van der Waals surface area (Å²) in [4.78, 5) is 0. The second kappa shape index (κ2) is 4.69. The normalized spacial score (nSPS) is 17.9. The van der Waals surface area contributed by atoms with Crippen LogP contribution >= 0.6 is 0 Å². The lowest BCUT2D eigenvalue weighted by Gasteiger charge is -2.27. The van der Waals surface area contributed by atoms with Gasteiger partial charge in [0.1, 0.15) is 5.75 Å². The molecule has 1 unspecified atom stereocenters. The molecule has 0 saturated heterocycles. The van der Waals surface area contributed by atoms with E-state index in [9.17, 15) is 5.11 Å². The molecule has 1 N–H and O–H groups in total. The number of hydrogen-bond acceptors (Lipinski definition) is 2. The van der Waals surface area contributed by atoms with Gasteiger partial charge in [0.05, 0.1) is 12.2 Å². The van der Waals surface area contributed by atoms with E-state index in [2.05, 4.69) is 26.0 Å². The van der Waals surface area contributed by atoms with Gasteiger partial charge in [0.15, 0.2) is 0 Å². The monoisotopic (exact) mass is 234 g/mol. The second-order valence-electron chi connectivity index (χ2n) is 5.78. The van der Waals surface area contributed by atoms with E-state index in [-0.39, 0.29) is 11.5 Å². The van der Waals surface area contributed by atoms with E-state index in [0.29, 0.717) is 6.10 Å². The summed E-state index contributed by atoms with van der Waals surface area (Å²) in [5.41, 5.74) is 1.22. The minimum atomic E-state index is -0.280. The first-order valence-corrected chi connectivity index (χ1v) is 6.43.